The molecule has 0 aliphatic carbocycles. The monoisotopic (exact) mass is 438 g/mol. The maximum atomic E-state index is 11.2. The van der Waals surface area contributed by atoms with Gasteiger partial charge in [-0.15, -0.1) is 0 Å². The second kappa shape index (κ2) is 10.5. The van der Waals surface area contributed by atoms with Crippen LogP contribution in [0.1, 0.15) is 25.7 Å². The number of hydrogen-bond acceptors (Lipinski definition) is 12. The first-order valence-electron chi connectivity index (χ1n) is 10.0. The lowest BCUT2D eigenvalue weighted by atomic mass is 10.0. The van der Waals surface area contributed by atoms with Crippen LogP contribution in [0.4, 0.5) is 0 Å². The van der Waals surface area contributed by atoms with Gasteiger partial charge in [-0.2, -0.15) is 0 Å². The van der Waals surface area contributed by atoms with E-state index in [1.165, 1.54) is 0 Å². The summed E-state index contributed by atoms with van der Waals surface area (Å²) in [6, 6.07) is -1.31. The molecular weight excluding hydrogens is 408 g/mol. The van der Waals surface area contributed by atoms with Crippen LogP contribution in [0.2, 0.25) is 0 Å². The van der Waals surface area contributed by atoms with Crippen molar-refractivity contribution in [2.45, 2.75) is 87.2 Å². The number of hydrogen-bond donors (Lipinski definition) is 5. The van der Waals surface area contributed by atoms with Crippen LogP contribution in [0, 0.1) is 10.1 Å². The molecule has 174 valence electrons. The smallest absolute Gasteiger partial charge is 0.220 e. The Balaban J connectivity index is 1.65. The Morgan fingerprint density at radius 3 is 2.37 bits per heavy atom. The molecule has 0 aromatic carbocycles. The van der Waals surface area contributed by atoms with Crippen molar-refractivity contribution in [2.24, 2.45) is 5.73 Å². The highest BCUT2D eigenvalue weighted by Crippen LogP contribution is 2.30. The van der Waals surface area contributed by atoms with Gasteiger partial charge in [-0.25, -0.2) is 0 Å². The highest BCUT2D eigenvalue weighted by Gasteiger charge is 2.45. The van der Waals surface area contributed by atoms with Crippen LogP contribution >= 0.6 is 0 Å². The summed E-state index contributed by atoms with van der Waals surface area (Å²) in [5.74, 6) is 0. The van der Waals surface area contributed by atoms with Crippen molar-refractivity contribution in [3.8, 4) is 0 Å². The molecule has 3 saturated heterocycles. The van der Waals surface area contributed by atoms with Gasteiger partial charge in [0.1, 0.15) is 12.2 Å². The fraction of sp³-hybridized carbons (Fsp3) is 1.00. The molecule has 3 fully saturated rings. The van der Waals surface area contributed by atoms with E-state index in [2.05, 4.69) is 0 Å². The van der Waals surface area contributed by atoms with Crippen LogP contribution in [-0.2, 0) is 23.7 Å². The molecule has 10 atom stereocenters. The van der Waals surface area contributed by atoms with Gasteiger partial charge in [-0.1, -0.05) is 0 Å². The van der Waals surface area contributed by atoms with E-state index in [9.17, 15) is 30.5 Å². The zero-order valence-corrected chi connectivity index (χ0v) is 16.4. The fourth-order valence-electron chi connectivity index (χ4n) is 3.89. The SMILES string of the molecule is N[C@@H]1CO[C@@H](O)[C@H](O[C@H]2O[C@@H](CO)C[C@@H](O[C@@H]3C[C@H]([N+](=O)[O-])C[C@H](CO)O3)[C@@H]2O)C1. The van der Waals surface area contributed by atoms with E-state index in [1.807, 2.05) is 0 Å². The third-order valence-electron chi connectivity index (χ3n) is 5.50. The van der Waals surface area contributed by atoms with Gasteiger partial charge in [0.25, 0.3) is 0 Å². The maximum Gasteiger partial charge on any atom is 0.220 e. The summed E-state index contributed by atoms with van der Waals surface area (Å²) >= 11 is 0. The Labute approximate surface area is 172 Å². The molecule has 30 heavy (non-hydrogen) atoms. The van der Waals surface area contributed by atoms with Gasteiger partial charge >= 0.3 is 0 Å². The minimum atomic E-state index is -1.33. The summed E-state index contributed by atoms with van der Waals surface area (Å²) in [5.41, 5.74) is 5.82. The van der Waals surface area contributed by atoms with Crippen LogP contribution in [0.25, 0.3) is 0 Å². The molecular formula is C17H30N2O11. The van der Waals surface area contributed by atoms with Crippen LogP contribution in [-0.4, -0.2) is 107 Å². The molecule has 0 bridgehead atoms. The van der Waals surface area contributed by atoms with Crippen molar-refractivity contribution in [2.75, 3.05) is 19.8 Å². The molecule has 3 aliphatic rings. The fourth-order valence-corrected chi connectivity index (χ4v) is 3.89. The summed E-state index contributed by atoms with van der Waals surface area (Å²) in [7, 11) is 0. The van der Waals surface area contributed by atoms with Crippen LogP contribution in [0.15, 0.2) is 0 Å². The molecule has 6 N–H and O–H groups in total. The predicted molar refractivity (Wildman–Crippen MR) is 96.4 cm³/mol. The highest BCUT2D eigenvalue weighted by molar-refractivity contribution is 4.86. The second-order valence-electron chi connectivity index (χ2n) is 7.88. The van der Waals surface area contributed by atoms with E-state index in [4.69, 9.17) is 29.4 Å². The van der Waals surface area contributed by atoms with E-state index in [0.717, 1.165) is 0 Å². The molecule has 3 heterocycles. The van der Waals surface area contributed by atoms with E-state index >= 15 is 0 Å². The van der Waals surface area contributed by atoms with Gasteiger partial charge in [0, 0.05) is 23.8 Å². The molecule has 0 unspecified atom stereocenters. The molecule has 3 aliphatic heterocycles. The van der Waals surface area contributed by atoms with Crippen molar-refractivity contribution in [1.82, 2.24) is 0 Å². The van der Waals surface area contributed by atoms with Crippen molar-refractivity contribution in [3.63, 3.8) is 0 Å². The van der Waals surface area contributed by atoms with Gasteiger partial charge in [0.2, 0.25) is 6.04 Å². The number of aliphatic hydroxyl groups excluding tert-OH is 4. The second-order valence-corrected chi connectivity index (χ2v) is 7.88. The Hall–Kier alpha value is -1.00. The predicted octanol–water partition coefficient (Wildman–Crippen LogP) is -2.57. The Bertz CT molecular complexity index is 570. The van der Waals surface area contributed by atoms with Crippen LogP contribution in [0.3, 0.4) is 0 Å². The van der Waals surface area contributed by atoms with Crippen molar-refractivity contribution in [3.05, 3.63) is 10.1 Å². The molecule has 0 aromatic heterocycles. The minimum absolute atomic E-state index is 0.0487. The molecule has 0 saturated carbocycles. The number of nitrogens with zero attached hydrogens (tertiary/aromatic N) is 1. The van der Waals surface area contributed by atoms with Crippen molar-refractivity contribution in [1.29, 1.82) is 0 Å². The summed E-state index contributed by atoms with van der Waals surface area (Å²) in [4.78, 5) is 10.7. The molecule has 0 aromatic rings. The average Bonchev–Trinajstić information content (AvgIpc) is 2.73. The van der Waals surface area contributed by atoms with Crippen LogP contribution < -0.4 is 5.73 Å². The largest absolute Gasteiger partial charge is 0.394 e. The average molecular weight is 438 g/mol. The molecule has 0 amide bonds. The van der Waals surface area contributed by atoms with Gasteiger partial charge in [-0.05, 0) is 6.42 Å². The van der Waals surface area contributed by atoms with E-state index in [0.29, 0.717) is 0 Å². The summed E-state index contributed by atoms with van der Waals surface area (Å²) in [6.45, 7) is -0.605. The number of rotatable bonds is 7. The highest BCUT2D eigenvalue weighted by atomic mass is 16.7. The summed E-state index contributed by atoms with van der Waals surface area (Å²) in [5, 5.41) is 50.8. The quantitative estimate of drug-likeness (QED) is 0.206. The normalized spacial score (nSPS) is 45.2. The minimum Gasteiger partial charge on any atom is -0.394 e. The third kappa shape index (κ3) is 5.82. The lowest BCUT2D eigenvalue weighted by Crippen LogP contribution is -2.56. The maximum absolute atomic E-state index is 11.2. The molecule has 3 rings (SSSR count). The molecule has 0 radical (unpaired) electrons. The first-order chi connectivity index (χ1) is 14.3. The Morgan fingerprint density at radius 2 is 1.70 bits per heavy atom. The van der Waals surface area contributed by atoms with Gasteiger partial charge in [0.15, 0.2) is 18.9 Å². The van der Waals surface area contributed by atoms with Gasteiger partial charge in [0.05, 0.1) is 44.6 Å². The molecule has 13 nitrogen and oxygen atoms in total. The van der Waals surface area contributed by atoms with E-state index < -0.39 is 67.0 Å². The Morgan fingerprint density at radius 1 is 1.00 bits per heavy atom. The zero-order chi connectivity index (χ0) is 21.8. The van der Waals surface area contributed by atoms with Gasteiger partial charge in [-0.3, -0.25) is 10.1 Å². The molecule has 0 spiro atoms. The lowest BCUT2D eigenvalue weighted by molar-refractivity contribution is -0.538. The zero-order valence-electron chi connectivity index (χ0n) is 16.4. The standard InChI is InChI=1S/C17H30N2O11/c18-8-1-13(16(23)26-7-8)30-17-15(22)12(4-11(6-21)28-17)29-14-3-9(19(24)25)2-10(5-20)27-14/h8-17,20-23H,1-7,18H2/t8-,9+,10+,11+,12+,13+,14+,15-,16+,17+/m0/s1. The Kier molecular flexibility index (Phi) is 8.31. The number of aliphatic hydroxyl groups is 4. The van der Waals surface area contributed by atoms with Crippen LogP contribution in [0.5, 0.6) is 0 Å². The third-order valence-corrected chi connectivity index (χ3v) is 5.50. The first-order valence-corrected chi connectivity index (χ1v) is 10.0. The number of ether oxygens (including phenoxy) is 5. The van der Waals surface area contributed by atoms with Gasteiger partial charge < -0.3 is 49.8 Å². The summed E-state index contributed by atoms with van der Waals surface area (Å²) < 4.78 is 27.7. The van der Waals surface area contributed by atoms with E-state index in [-0.39, 0.29) is 44.9 Å². The number of nitro groups is 1. The molecule has 13 heteroatoms. The van der Waals surface area contributed by atoms with E-state index in [1.54, 1.807) is 0 Å². The topological polar surface area (TPSA) is 196 Å². The van der Waals surface area contributed by atoms with Crippen molar-refractivity contribution >= 4 is 0 Å². The first kappa shape index (κ1) is 23.7. The lowest BCUT2D eigenvalue weighted by Gasteiger charge is -2.43. The number of nitrogens with two attached hydrogens (primary N) is 1. The van der Waals surface area contributed by atoms with Crippen molar-refractivity contribution < 1.29 is 49.0 Å². The summed E-state index contributed by atoms with van der Waals surface area (Å²) in [6.07, 6.45) is -7.74.